The van der Waals surface area contributed by atoms with E-state index in [2.05, 4.69) is 28.6 Å². The lowest BCUT2D eigenvalue weighted by molar-refractivity contribution is 0.343. The number of aromatic nitrogens is 1. The molecule has 0 aliphatic rings. The predicted octanol–water partition coefficient (Wildman–Crippen LogP) is 1.49. The zero-order valence-electron chi connectivity index (χ0n) is 10.1. The Morgan fingerprint density at radius 2 is 2.25 bits per heavy atom. The van der Waals surface area contributed by atoms with Crippen molar-refractivity contribution in [3.05, 3.63) is 0 Å². The van der Waals surface area contributed by atoms with Gasteiger partial charge in [-0.15, -0.1) is 0 Å². The fourth-order valence-corrected chi connectivity index (χ4v) is 1.89. The minimum Gasteiger partial charge on any atom is -0.487 e. The second-order valence-electron chi connectivity index (χ2n) is 3.48. The van der Waals surface area contributed by atoms with Gasteiger partial charge < -0.3 is 20.7 Å². The Bertz CT molecular complexity index is 316. The number of likely N-dealkylation sites (N-methyl/N-ethyl adjacent to an activating group) is 1. The van der Waals surface area contributed by atoms with E-state index >= 15 is 0 Å². The predicted molar refractivity (Wildman–Crippen MR) is 69.4 cm³/mol. The second-order valence-corrected chi connectivity index (χ2v) is 4.26. The average Bonchev–Trinajstić information content (AvgIpc) is 2.62. The average molecular weight is 244 g/mol. The minimum absolute atomic E-state index is 0.471. The second kappa shape index (κ2) is 6.55. The van der Waals surface area contributed by atoms with Crippen molar-refractivity contribution >= 4 is 22.4 Å². The van der Waals surface area contributed by atoms with E-state index in [9.17, 15) is 0 Å². The van der Waals surface area contributed by atoms with Crippen molar-refractivity contribution in [2.24, 2.45) is 0 Å². The molecule has 0 unspecified atom stereocenters. The maximum absolute atomic E-state index is 5.71. The molecule has 1 aromatic heterocycles. The molecule has 16 heavy (non-hydrogen) atoms. The third kappa shape index (κ3) is 3.53. The van der Waals surface area contributed by atoms with Gasteiger partial charge in [-0.25, -0.2) is 0 Å². The molecule has 1 aromatic rings. The molecule has 3 N–H and O–H groups in total. The van der Waals surface area contributed by atoms with Crippen LogP contribution >= 0.6 is 11.5 Å². The molecule has 0 aliphatic carbocycles. The van der Waals surface area contributed by atoms with Crippen LogP contribution in [0, 0.1) is 0 Å². The number of nitrogens with zero attached hydrogens (tertiary/aromatic N) is 2. The van der Waals surface area contributed by atoms with Crippen LogP contribution in [0.3, 0.4) is 0 Å². The van der Waals surface area contributed by atoms with Crippen LogP contribution in [-0.4, -0.2) is 42.6 Å². The number of nitrogen functional groups attached to an aromatic ring is 1. The Kier molecular flexibility index (Phi) is 5.34. The van der Waals surface area contributed by atoms with Crippen LogP contribution in [-0.2, 0) is 0 Å². The molecule has 0 fully saturated rings. The molecule has 0 amide bonds. The molecular formula is C10H20N4OS. The molecule has 0 aromatic carbocycles. The van der Waals surface area contributed by atoms with Crippen LogP contribution in [0.1, 0.15) is 13.8 Å². The van der Waals surface area contributed by atoms with Crippen molar-refractivity contribution in [2.45, 2.75) is 13.8 Å². The maximum Gasteiger partial charge on any atom is 0.197 e. The highest BCUT2D eigenvalue weighted by Gasteiger charge is 2.11. The van der Waals surface area contributed by atoms with Crippen molar-refractivity contribution in [1.29, 1.82) is 0 Å². The van der Waals surface area contributed by atoms with Gasteiger partial charge in [0.05, 0.1) is 6.61 Å². The van der Waals surface area contributed by atoms with Gasteiger partial charge in [0.2, 0.25) is 0 Å². The topological polar surface area (TPSA) is 63.4 Å². The van der Waals surface area contributed by atoms with Crippen LogP contribution < -0.4 is 15.8 Å². The standard InChI is InChI=1S/C10H20N4OS/c1-4-14(3)7-6-12-10-8(15-5-2)9(11)13-16-10/h12H,4-7H2,1-3H3,(H2,11,13). The maximum atomic E-state index is 5.71. The molecule has 1 heterocycles. The summed E-state index contributed by atoms with van der Waals surface area (Å²) < 4.78 is 9.51. The summed E-state index contributed by atoms with van der Waals surface area (Å²) in [5, 5.41) is 4.21. The van der Waals surface area contributed by atoms with Crippen LogP contribution in [0.4, 0.5) is 10.8 Å². The molecule has 1 rings (SSSR count). The molecule has 0 radical (unpaired) electrons. The van der Waals surface area contributed by atoms with Gasteiger partial charge >= 0.3 is 0 Å². The van der Waals surface area contributed by atoms with Crippen LogP contribution in [0.2, 0.25) is 0 Å². The molecule has 92 valence electrons. The SMILES string of the molecule is CCOc1c(N)nsc1NCCN(C)CC. The lowest BCUT2D eigenvalue weighted by atomic mass is 10.5. The van der Waals surface area contributed by atoms with Crippen LogP contribution in [0.25, 0.3) is 0 Å². The van der Waals surface area contributed by atoms with E-state index in [0.29, 0.717) is 18.2 Å². The number of ether oxygens (including phenoxy) is 1. The molecule has 5 nitrogen and oxygen atoms in total. The highest BCUT2D eigenvalue weighted by molar-refractivity contribution is 7.11. The number of anilines is 2. The number of nitrogens with one attached hydrogen (secondary N) is 1. The first kappa shape index (κ1) is 13.1. The lowest BCUT2D eigenvalue weighted by Crippen LogP contribution is -2.24. The summed E-state index contributed by atoms with van der Waals surface area (Å²) in [7, 11) is 2.09. The normalized spacial score (nSPS) is 10.8. The van der Waals surface area contributed by atoms with Gasteiger partial charge in [-0.05, 0) is 32.0 Å². The Labute approximate surface area is 101 Å². The van der Waals surface area contributed by atoms with Crippen molar-refractivity contribution < 1.29 is 4.74 Å². The summed E-state index contributed by atoms with van der Waals surface area (Å²) in [6, 6.07) is 0. The summed E-state index contributed by atoms with van der Waals surface area (Å²) in [5.41, 5.74) is 5.71. The van der Waals surface area contributed by atoms with E-state index in [-0.39, 0.29) is 0 Å². The zero-order valence-corrected chi connectivity index (χ0v) is 10.9. The molecular weight excluding hydrogens is 224 g/mol. The van der Waals surface area contributed by atoms with Gasteiger partial charge in [0.15, 0.2) is 16.6 Å². The van der Waals surface area contributed by atoms with Gasteiger partial charge in [0.1, 0.15) is 0 Å². The van der Waals surface area contributed by atoms with E-state index in [4.69, 9.17) is 10.5 Å². The Morgan fingerprint density at radius 1 is 1.50 bits per heavy atom. The van der Waals surface area contributed by atoms with Crippen LogP contribution in [0.5, 0.6) is 5.75 Å². The van der Waals surface area contributed by atoms with E-state index < -0.39 is 0 Å². The minimum atomic E-state index is 0.471. The van der Waals surface area contributed by atoms with E-state index in [1.807, 2.05) is 6.92 Å². The Morgan fingerprint density at radius 3 is 2.88 bits per heavy atom. The van der Waals surface area contributed by atoms with Crippen LogP contribution in [0.15, 0.2) is 0 Å². The number of hydrogen-bond acceptors (Lipinski definition) is 6. The van der Waals surface area contributed by atoms with Gasteiger partial charge in [-0.1, -0.05) is 6.92 Å². The fourth-order valence-electron chi connectivity index (χ4n) is 1.21. The molecule has 0 spiro atoms. The van der Waals surface area contributed by atoms with E-state index in [1.165, 1.54) is 11.5 Å². The first-order valence-electron chi connectivity index (χ1n) is 5.49. The first-order valence-corrected chi connectivity index (χ1v) is 6.26. The smallest absolute Gasteiger partial charge is 0.197 e. The molecule has 0 aliphatic heterocycles. The Hall–Kier alpha value is -1.01. The monoisotopic (exact) mass is 244 g/mol. The number of hydrogen-bond donors (Lipinski definition) is 2. The number of rotatable bonds is 7. The van der Waals surface area contributed by atoms with Crippen molar-refractivity contribution in [1.82, 2.24) is 9.27 Å². The molecule has 0 bridgehead atoms. The van der Waals surface area contributed by atoms with Gasteiger partial charge in [-0.3, -0.25) is 0 Å². The van der Waals surface area contributed by atoms with Gasteiger partial charge in [0, 0.05) is 13.1 Å². The van der Waals surface area contributed by atoms with Gasteiger partial charge in [-0.2, -0.15) is 4.37 Å². The highest BCUT2D eigenvalue weighted by Crippen LogP contribution is 2.34. The highest BCUT2D eigenvalue weighted by atomic mass is 32.1. The quantitative estimate of drug-likeness (QED) is 0.761. The summed E-state index contributed by atoms with van der Waals surface area (Å²) in [4.78, 5) is 2.23. The molecule has 6 heteroatoms. The van der Waals surface area contributed by atoms with Crippen molar-refractivity contribution in [3.8, 4) is 5.75 Å². The molecule has 0 saturated heterocycles. The molecule has 0 atom stereocenters. The summed E-state index contributed by atoms with van der Waals surface area (Å²) in [5.74, 6) is 1.16. The molecule has 0 saturated carbocycles. The summed E-state index contributed by atoms with van der Waals surface area (Å²) >= 11 is 1.35. The fraction of sp³-hybridized carbons (Fsp3) is 0.700. The van der Waals surface area contributed by atoms with Crippen molar-refractivity contribution in [3.63, 3.8) is 0 Å². The largest absolute Gasteiger partial charge is 0.487 e. The summed E-state index contributed by atoms with van der Waals surface area (Å²) in [6.45, 7) is 7.57. The van der Waals surface area contributed by atoms with Gasteiger partial charge in [0.25, 0.3) is 0 Å². The van der Waals surface area contributed by atoms with E-state index in [0.717, 1.165) is 24.6 Å². The third-order valence-corrected chi connectivity index (χ3v) is 3.08. The number of nitrogens with two attached hydrogens (primary N) is 1. The van der Waals surface area contributed by atoms with E-state index in [1.54, 1.807) is 0 Å². The first-order chi connectivity index (χ1) is 7.69. The zero-order chi connectivity index (χ0) is 12.0. The Balaban J connectivity index is 2.47. The third-order valence-electron chi connectivity index (χ3n) is 2.28. The lowest BCUT2D eigenvalue weighted by Gasteiger charge is -2.14. The summed E-state index contributed by atoms with van der Waals surface area (Å²) in [6.07, 6.45) is 0. The van der Waals surface area contributed by atoms with Crippen molar-refractivity contribution in [2.75, 3.05) is 44.3 Å².